The third-order valence-corrected chi connectivity index (χ3v) is 5.35. The smallest absolute Gasteiger partial charge is 0.354 e. The van der Waals surface area contributed by atoms with E-state index < -0.39 is 17.5 Å². The van der Waals surface area contributed by atoms with E-state index in [1.165, 1.54) is 13.8 Å². The van der Waals surface area contributed by atoms with E-state index >= 15 is 0 Å². The standard InChI is InChI=1S/C25H28N2O5/c1-4-5-10-20-26-22(25(2,3)32)21(24(30)31)27(20)15-16-11-13-17(14-12-16)18-8-6-7-9-19(18)23(28)29/h6-9,11-14,32H,4-5,10,15H2,1-3H3,(H,28,29)(H,30,31). The van der Waals surface area contributed by atoms with Crippen molar-refractivity contribution in [2.75, 3.05) is 0 Å². The maximum Gasteiger partial charge on any atom is 0.354 e. The first-order valence-corrected chi connectivity index (χ1v) is 10.6. The van der Waals surface area contributed by atoms with Gasteiger partial charge >= 0.3 is 11.9 Å². The van der Waals surface area contributed by atoms with Gasteiger partial charge < -0.3 is 19.9 Å². The third-order valence-electron chi connectivity index (χ3n) is 5.35. The summed E-state index contributed by atoms with van der Waals surface area (Å²) in [5, 5.41) is 29.8. The predicted octanol–water partition coefficient (Wildman–Crippen LogP) is 4.56. The Hall–Kier alpha value is -3.45. The molecule has 3 N–H and O–H groups in total. The Balaban J connectivity index is 2.01. The Labute approximate surface area is 187 Å². The number of unbranched alkanes of at least 4 members (excludes halogenated alkanes) is 1. The van der Waals surface area contributed by atoms with Gasteiger partial charge in [-0.2, -0.15) is 0 Å². The molecule has 0 aliphatic rings. The quantitative estimate of drug-likeness (QED) is 0.453. The molecule has 0 radical (unpaired) electrons. The summed E-state index contributed by atoms with van der Waals surface area (Å²) in [7, 11) is 0. The average Bonchev–Trinajstić information content (AvgIpc) is 3.11. The molecule has 0 saturated carbocycles. The number of aromatic carboxylic acids is 2. The molecule has 2 aromatic carbocycles. The first-order valence-electron chi connectivity index (χ1n) is 10.6. The molecule has 0 saturated heterocycles. The van der Waals surface area contributed by atoms with E-state index in [0.717, 1.165) is 24.0 Å². The number of carbonyl (C=O) groups is 2. The van der Waals surface area contributed by atoms with Crippen molar-refractivity contribution < 1.29 is 24.9 Å². The van der Waals surface area contributed by atoms with Crippen LogP contribution in [0.25, 0.3) is 11.1 Å². The molecule has 0 unspecified atom stereocenters. The zero-order valence-electron chi connectivity index (χ0n) is 18.5. The van der Waals surface area contributed by atoms with Gasteiger partial charge in [0, 0.05) is 13.0 Å². The molecule has 0 spiro atoms. The number of nitrogens with zero attached hydrogens (tertiary/aromatic N) is 2. The zero-order valence-corrected chi connectivity index (χ0v) is 18.5. The second-order valence-corrected chi connectivity index (χ2v) is 8.33. The molecule has 3 aromatic rings. The Kier molecular flexibility index (Phi) is 6.79. The van der Waals surface area contributed by atoms with Gasteiger partial charge in [0.05, 0.1) is 5.56 Å². The topological polar surface area (TPSA) is 113 Å². The maximum atomic E-state index is 12.1. The Morgan fingerprint density at radius 2 is 1.66 bits per heavy atom. The fourth-order valence-electron chi connectivity index (χ4n) is 3.73. The largest absolute Gasteiger partial charge is 0.478 e. The van der Waals surface area contributed by atoms with Gasteiger partial charge in [-0.1, -0.05) is 55.8 Å². The Bertz CT molecular complexity index is 1120. The van der Waals surface area contributed by atoms with Crippen LogP contribution in [0.5, 0.6) is 0 Å². The average molecular weight is 437 g/mol. The number of aromatic nitrogens is 2. The van der Waals surface area contributed by atoms with Gasteiger partial charge in [0.25, 0.3) is 0 Å². The van der Waals surface area contributed by atoms with Gasteiger partial charge in [0.2, 0.25) is 0 Å². The second kappa shape index (κ2) is 9.36. The molecule has 1 heterocycles. The van der Waals surface area contributed by atoms with Crippen molar-refractivity contribution in [3.63, 3.8) is 0 Å². The van der Waals surface area contributed by atoms with Crippen LogP contribution in [-0.2, 0) is 18.6 Å². The van der Waals surface area contributed by atoms with Gasteiger partial charge in [-0.15, -0.1) is 0 Å². The number of carboxylic acid groups (broad SMARTS) is 2. The van der Waals surface area contributed by atoms with Crippen LogP contribution in [0.4, 0.5) is 0 Å². The van der Waals surface area contributed by atoms with E-state index in [1.54, 1.807) is 28.8 Å². The summed E-state index contributed by atoms with van der Waals surface area (Å²) in [5.74, 6) is -1.50. The monoisotopic (exact) mass is 436 g/mol. The molecule has 3 rings (SSSR count). The molecule has 0 atom stereocenters. The van der Waals surface area contributed by atoms with Crippen LogP contribution in [0.2, 0.25) is 0 Å². The highest BCUT2D eigenvalue weighted by Gasteiger charge is 2.31. The summed E-state index contributed by atoms with van der Waals surface area (Å²) in [4.78, 5) is 28.1. The SMILES string of the molecule is CCCCc1nc(C(C)(C)O)c(C(=O)O)n1Cc1ccc(-c2ccccc2C(=O)O)cc1. The molecule has 0 aliphatic heterocycles. The van der Waals surface area contributed by atoms with Crippen LogP contribution < -0.4 is 0 Å². The van der Waals surface area contributed by atoms with Crippen molar-refractivity contribution in [3.8, 4) is 11.1 Å². The maximum absolute atomic E-state index is 12.1. The lowest BCUT2D eigenvalue weighted by molar-refractivity contribution is 0.0602. The number of aliphatic hydroxyl groups is 1. The molecule has 1 aromatic heterocycles. The summed E-state index contributed by atoms with van der Waals surface area (Å²) in [5.41, 5.74) is 1.21. The van der Waals surface area contributed by atoms with E-state index in [2.05, 4.69) is 11.9 Å². The summed E-state index contributed by atoms with van der Waals surface area (Å²) < 4.78 is 1.66. The number of rotatable bonds is 9. The molecule has 0 aliphatic carbocycles. The van der Waals surface area contributed by atoms with E-state index in [0.29, 0.717) is 17.8 Å². The Morgan fingerprint density at radius 1 is 1.00 bits per heavy atom. The van der Waals surface area contributed by atoms with Gasteiger partial charge in [-0.05, 0) is 43.0 Å². The molecule has 0 bridgehead atoms. The van der Waals surface area contributed by atoms with Gasteiger partial charge in [-0.25, -0.2) is 14.6 Å². The van der Waals surface area contributed by atoms with Crippen LogP contribution in [0, 0.1) is 0 Å². The summed E-state index contributed by atoms with van der Waals surface area (Å²) >= 11 is 0. The minimum Gasteiger partial charge on any atom is -0.478 e. The number of imidazole rings is 1. The highest BCUT2D eigenvalue weighted by Crippen LogP contribution is 2.28. The zero-order chi connectivity index (χ0) is 23.5. The van der Waals surface area contributed by atoms with Crippen LogP contribution >= 0.6 is 0 Å². The lowest BCUT2D eigenvalue weighted by Crippen LogP contribution is -2.22. The van der Waals surface area contributed by atoms with Crippen molar-refractivity contribution >= 4 is 11.9 Å². The molecule has 7 heteroatoms. The van der Waals surface area contributed by atoms with E-state index in [1.807, 2.05) is 24.3 Å². The van der Waals surface area contributed by atoms with Gasteiger partial charge in [0.15, 0.2) is 5.69 Å². The number of benzene rings is 2. The molecule has 0 fully saturated rings. The van der Waals surface area contributed by atoms with Crippen LogP contribution in [-0.4, -0.2) is 36.8 Å². The highest BCUT2D eigenvalue weighted by atomic mass is 16.4. The van der Waals surface area contributed by atoms with Crippen molar-refractivity contribution in [3.05, 3.63) is 76.9 Å². The predicted molar refractivity (Wildman–Crippen MR) is 121 cm³/mol. The molecule has 7 nitrogen and oxygen atoms in total. The molecule has 32 heavy (non-hydrogen) atoms. The lowest BCUT2D eigenvalue weighted by Gasteiger charge is -2.16. The number of hydrogen-bond donors (Lipinski definition) is 3. The van der Waals surface area contributed by atoms with Crippen molar-refractivity contribution in [1.29, 1.82) is 0 Å². The number of hydrogen-bond acceptors (Lipinski definition) is 4. The van der Waals surface area contributed by atoms with E-state index in [-0.39, 0.29) is 23.5 Å². The summed E-state index contributed by atoms with van der Waals surface area (Å²) in [6, 6.07) is 14.2. The molecular formula is C25H28N2O5. The first kappa shape index (κ1) is 23.2. The lowest BCUT2D eigenvalue weighted by atomic mass is 9.98. The van der Waals surface area contributed by atoms with E-state index in [4.69, 9.17) is 0 Å². The van der Waals surface area contributed by atoms with Gasteiger partial charge in [-0.3, -0.25) is 0 Å². The van der Waals surface area contributed by atoms with Crippen LogP contribution in [0.15, 0.2) is 48.5 Å². The van der Waals surface area contributed by atoms with Gasteiger partial charge in [0.1, 0.15) is 17.1 Å². The summed E-state index contributed by atoms with van der Waals surface area (Å²) in [6.45, 7) is 5.40. The third kappa shape index (κ3) is 4.89. The van der Waals surface area contributed by atoms with E-state index in [9.17, 15) is 24.9 Å². The van der Waals surface area contributed by atoms with Crippen LogP contribution in [0.1, 0.15) is 71.5 Å². The Morgan fingerprint density at radius 3 is 2.22 bits per heavy atom. The first-order chi connectivity index (χ1) is 15.1. The van der Waals surface area contributed by atoms with Crippen molar-refractivity contribution in [2.24, 2.45) is 0 Å². The minimum atomic E-state index is -1.38. The molecule has 168 valence electrons. The normalized spacial score (nSPS) is 11.5. The fourth-order valence-corrected chi connectivity index (χ4v) is 3.73. The minimum absolute atomic E-state index is 0.0103. The number of carboxylic acids is 2. The van der Waals surface area contributed by atoms with Crippen molar-refractivity contribution in [2.45, 2.75) is 52.2 Å². The summed E-state index contributed by atoms with van der Waals surface area (Å²) in [6.07, 6.45) is 2.40. The number of aryl methyl sites for hydroxylation is 1. The molecular weight excluding hydrogens is 408 g/mol. The molecule has 0 amide bonds. The second-order valence-electron chi connectivity index (χ2n) is 8.33. The fraction of sp³-hybridized carbons (Fsp3) is 0.320. The van der Waals surface area contributed by atoms with Crippen LogP contribution in [0.3, 0.4) is 0 Å². The van der Waals surface area contributed by atoms with Crippen molar-refractivity contribution in [1.82, 2.24) is 9.55 Å². The highest BCUT2D eigenvalue weighted by molar-refractivity contribution is 5.96.